The average Bonchev–Trinajstić information content (AvgIpc) is 3.31. The molecule has 3 rings (SSSR count). The summed E-state index contributed by atoms with van der Waals surface area (Å²) >= 11 is 0. The lowest BCUT2D eigenvalue weighted by molar-refractivity contribution is -0.130. The van der Waals surface area contributed by atoms with E-state index in [0.717, 1.165) is 44.2 Å². The fourth-order valence-corrected chi connectivity index (χ4v) is 4.20. The van der Waals surface area contributed by atoms with E-state index in [1.807, 2.05) is 23.1 Å². The summed E-state index contributed by atoms with van der Waals surface area (Å²) in [5, 5.41) is 0. The third kappa shape index (κ3) is 5.16. The molecule has 5 heteroatoms. The number of furan rings is 1. The van der Waals surface area contributed by atoms with Gasteiger partial charge in [-0.25, -0.2) is 0 Å². The van der Waals surface area contributed by atoms with Crippen LogP contribution in [0.3, 0.4) is 0 Å². The van der Waals surface area contributed by atoms with Gasteiger partial charge in [-0.1, -0.05) is 26.0 Å². The summed E-state index contributed by atoms with van der Waals surface area (Å²) in [5.74, 6) is 3.22. The van der Waals surface area contributed by atoms with Gasteiger partial charge in [0.2, 0.25) is 5.91 Å². The molecule has 2 atom stereocenters. The number of ether oxygens (including phenoxy) is 1. The van der Waals surface area contributed by atoms with E-state index in [-0.39, 0.29) is 5.91 Å². The number of benzene rings is 1. The van der Waals surface area contributed by atoms with E-state index in [0.29, 0.717) is 17.8 Å². The molecule has 0 radical (unpaired) electrons. The molecule has 1 aliphatic heterocycles. The van der Waals surface area contributed by atoms with E-state index in [2.05, 4.69) is 36.9 Å². The van der Waals surface area contributed by atoms with Crippen molar-refractivity contribution in [1.82, 2.24) is 9.80 Å². The molecular formula is C23H32N2O3. The van der Waals surface area contributed by atoms with E-state index >= 15 is 0 Å². The molecule has 1 aromatic heterocycles. The second-order valence-electron chi connectivity index (χ2n) is 8.23. The van der Waals surface area contributed by atoms with Crippen LogP contribution in [0.4, 0.5) is 0 Å². The molecule has 1 aliphatic rings. The van der Waals surface area contributed by atoms with Gasteiger partial charge in [0.15, 0.2) is 0 Å². The van der Waals surface area contributed by atoms with E-state index in [1.54, 1.807) is 20.3 Å². The minimum atomic E-state index is 0.155. The molecule has 152 valence electrons. The quantitative estimate of drug-likeness (QED) is 0.690. The van der Waals surface area contributed by atoms with Gasteiger partial charge in [0.1, 0.15) is 11.5 Å². The van der Waals surface area contributed by atoms with E-state index in [1.165, 1.54) is 5.56 Å². The van der Waals surface area contributed by atoms with Crippen molar-refractivity contribution in [3.8, 4) is 5.75 Å². The van der Waals surface area contributed by atoms with Crippen LogP contribution in [0.15, 0.2) is 47.1 Å². The zero-order valence-corrected chi connectivity index (χ0v) is 17.4. The molecule has 5 nitrogen and oxygen atoms in total. The first-order valence-corrected chi connectivity index (χ1v) is 10.1. The van der Waals surface area contributed by atoms with Crippen molar-refractivity contribution in [3.63, 3.8) is 0 Å². The summed E-state index contributed by atoms with van der Waals surface area (Å²) in [6.07, 6.45) is 1.72. The van der Waals surface area contributed by atoms with Crippen molar-refractivity contribution in [2.75, 3.05) is 33.3 Å². The van der Waals surface area contributed by atoms with Crippen molar-refractivity contribution in [1.29, 1.82) is 0 Å². The van der Waals surface area contributed by atoms with Crippen LogP contribution in [0.1, 0.15) is 38.0 Å². The molecule has 0 bridgehead atoms. The maximum atomic E-state index is 12.2. The molecule has 28 heavy (non-hydrogen) atoms. The number of carbonyl (C=O) groups is 1. The Bertz CT molecular complexity index is 757. The van der Waals surface area contributed by atoms with Crippen molar-refractivity contribution < 1.29 is 13.9 Å². The first-order chi connectivity index (χ1) is 13.5. The van der Waals surface area contributed by atoms with Crippen molar-refractivity contribution in [3.05, 3.63) is 54.0 Å². The molecule has 1 saturated heterocycles. The second-order valence-corrected chi connectivity index (χ2v) is 8.23. The van der Waals surface area contributed by atoms with Gasteiger partial charge in [-0.05, 0) is 41.7 Å². The van der Waals surface area contributed by atoms with Crippen molar-refractivity contribution in [2.24, 2.45) is 11.8 Å². The number of rotatable bonds is 8. The monoisotopic (exact) mass is 384 g/mol. The predicted molar refractivity (Wildman–Crippen MR) is 110 cm³/mol. The molecule has 2 heterocycles. The zero-order chi connectivity index (χ0) is 20.1. The molecule has 0 saturated carbocycles. The van der Waals surface area contributed by atoms with Crippen LogP contribution in [0.2, 0.25) is 0 Å². The van der Waals surface area contributed by atoms with Crippen LogP contribution in [-0.2, 0) is 11.3 Å². The van der Waals surface area contributed by atoms with Gasteiger partial charge in [-0.2, -0.15) is 0 Å². The summed E-state index contributed by atoms with van der Waals surface area (Å²) in [7, 11) is 1.70. The Balaban J connectivity index is 1.80. The summed E-state index contributed by atoms with van der Waals surface area (Å²) in [6.45, 7) is 10.3. The topological polar surface area (TPSA) is 45.9 Å². The molecule has 0 unspecified atom stereocenters. The normalized spacial score (nSPS) is 19.9. The minimum absolute atomic E-state index is 0.155. The number of hydrogen-bond donors (Lipinski definition) is 0. The fourth-order valence-electron chi connectivity index (χ4n) is 4.20. The smallest absolute Gasteiger partial charge is 0.219 e. The minimum Gasteiger partial charge on any atom is -0.497 e. The summed E-state index contributed by atoms with van der Waals surface area (Å²) in [6, 6.07) is 12.3. The molecule has 1 amide bonds. The third-order valence-corrected chi connectivity index (χ3v) is 5.48. The number of hydrogen-bond acceptors (Lipinski definition) is 4. The van der Waals surface area contributed by atoms with Gasteiger partial charge in [0.25, 0.3) is 0 Å². The average molecular weight is 385 g/mol. The number of nitrogens with zero attached hydrogens (tertiary/aromatic N) is 2. The van der Waals surface area contributed by atoms with Crippen LogP contribution >= 0.6 is 0 Å². The first-order valence-electron chi connectivity index (χ1n) is 10.1. The lowest BCUT2D eigenvalue weighted by atomic mass is 9.88. The summed E-state index contributed by atoms with van der Waals surface area (Å²) in [4.78, 5) is 16.7. The maximum Gasteiger partial charge on any atom is 0.219 e. The highest BCUT2D eigenvalue weighted by Gasteiger charge is 2.35. The van der Waals surface area contributed by atoms with E-state index in [4.69, 9.17) is 9.15 Å². The summed E-state index contributed by atoms with van der Waals surface area (Å²) in [5.41, 5.74) is 1.28. The number of methoxy groups -OCH3 is 1. The molecule has 0 spiro atoms. The Hall–Kier alpha value is -2.27. The largest absolute Gasteiger partial charge is 0.497 e. The Kier molecular flexibility index (Phi) is 6.79. The highest BCUT2D eigenvalue weighted by Crippen LogP contribution is 2.35. The van der Waals surface area contributed by atoms with Crippen LogP contribution in [-0.4, -0.2) is 49.0 Å². The standard InChI is InChI=1S/C23H32N2O3/c1-17(2)12-25(18(3)26)14-20-13-24(15-22-9-6-10-28-22)16-23(20)19-7-5-8-21(11-19)27-4/h5-11,17,20,23H,12-16H2,1-4H3/t20-,23+/m0/s1. The third-order valence-electron chi connectivity index (χ3n) is 5.48. The predicted octanol–water partition coefficient (Wildman–Crippen LogP) is 4.01. The molecule has 2 aromatic rings. The van der Waals surface area contributed by atoms with Gasteiger partial charge < -0.3 is 14.1 Å². The first kappa shape index (κ1) is 20.5. The van der Waals surface area contributed by atoms with Crippen LogP contribution in [0.5, 0.6) is 5.75 Å². The van der Waals surface area contributed by atoms with Gasteiger partial charge >= 0.3 is 0 Å². The van der Waals surface area contributed by atoms with E-state index in [9.17, 15) is 4.79 Å². The maximum absolute atomic E-state index is 12.2. The molecule has 0 aliphatic carbocycles. The van der Waals surface area contributed by atoms with Crippen LogP contribution < -0.4 is 4.74 Å². The number of carbonyl (C=O) groups excluding carboxylic acids is 1. The molecule has 0 N–H and O–H groups in total. The molecule has 1 fully saturated rings. The SMILES string of the molecule is COc1cccc([C@H]2CN(Cc3ccco3)C[C@H]2CN(CC(C)C)C(C)=O)c1. The van der Waals surface area contributed by atoms with Crippen LogP contribution in [0.25, 0.3) is 0 Å². The Morgan fingerprint density at radius 3 is 2.75 bits per heavy atom. The highest BCUT2D eigenvalue weighted by atomic mass is 16.5. The lowest BCUT2D eigenvalue weighted by Crippen LogP contribution is -2.38. The Labute approximate surface area is 168 Å². The zero-order valence-electron chi connectivity index (χ0n) is 17.4. The van der Waals surface area contributed by atoms with Crippen molar-refractivity contribution in [2.45, 2.75) is 33.2 Å². The Morgan fingerprint density at radius 2 is 2.11 bits per heavy atom. The molecular weight excluding hydrogens is 352 g/mol. The van der Waals surface area contributed by atoms with Gasteiger partial charge in [-0.15, -0.1) is 0 Å². The van der Waals surface area contributed by atoms with E-state index < -0.39 is 0 Å². The number of likely N-dealkylation sites (tertiary alicyclic amines) is 1. The summed E-state index contributed by atoms with van der Waals surface area (Å²) < 4.78 is 11.0. The van der Waals surface area contributed by atoms with Gasteiger partial charge in [0, 0.05) is 39.0 Å². The van der Waals surface area contributed by atoms with Gasteiger partial charge in [-0.3, -0.25) is 9.69 Å². The Morgan fingerprint density at radius 1 is 1.29 bits per heavy atom. The second kappa shape index (κ2) is 9.28. The number of amides is 1. The van der Waals surface area contributed by atoms with Crippen molar-refractivity contribution >= 4 is 5.91 Å². The van der Waals surface area contributed by atoms with Crippen LogP contribution in [0, 0.1) is 11.8 Å². The van der Waals surface area contributed by atoms with Gasteiger partial charge in [0.05, 0.1) is 19.9 Å². The molecule has 1 aromatic carbocycles. The highest BCUT2D eigenvalue weighted by molar-refractivity contribution is 5.73. The fraction of sp³-hybridized carbons (Fsp3) is 0.522. The lowest BCUT2D eigenvalue weighted by Gasteiger charge is -2.29.